The molecule has 0 aromatic heterocycles. The van der Waals surface area contributed by atoms with Crippen LogP contribution >= 0.6 is 0 Å². The van der Waals surface area contributed by atoms with Crippen LogP contribution in [0.4, 0.5) is 0 Å². The van der Waals surface area contributed by atoms with Crippen molar-refractivity contribution in [2.24, 2.45) is 0 Å². The van der Waals surface area contributed by atoms with E-state index in [9.17, 15) is 18.3 Å². The molecule has 9 heteroatoms. The number of aliphatic carboxylic acids is 1. The molecule has 0 spiro atoms. The lowest BCUT2D eigenvalue weighted by atomic mass is 10.1. The monoisotopic (exact) mass is 438 g/mol. The van der Waals surface area contributed by atoms with Crippen molar-refractivity contribution < 1.29 is 36.7 Å². The van der Waals surface area contributed by atoms with Gasteiger partial charge in [0.1, 0.15) is 5.75 Å². The number of hydrogen-bond acceptors (Lipinski definition) is 7. The third kappa shape index (κ3) is 7.57. The van der Waals surface area contributed by atoms with Crippen LogP contribution in [0.25, 0.3) is 0 Å². The fraction of sp³-hybridized carbons (Fsp3) is 0.381. The van der Waals surface area contributed by atoms with Crippen LogP contribution in [0, 0.1) is 0 Å². The van der Waals surface area contributed by atoms with Gasteiger partial charge in [-0.3, -0.25) is 0 Å². The summed E-state index contributed by atoms with van der Waals surface area (Å²) in [6.07, 6.45) is 0.849. The summed E-state index contributed by atoms with van der Waals surface area (Å²) in [6, 6.07) is 11.9. The number of benzene rings is 2. The highest BCUT2D eigenvalue weighted by Crippen LogP contribution is 2.29. The van der Waals surface area contributed by atoms with Gasteiger partial charge >= 0.3 is 16.1 Å². The number of ether oxygens (including phenoxy) is 3. The Bertz CT molecular complexity index is 938. The second-order valence-corrected chi connectivity index (χ2v) is 8.08. The number of carboxylic acids is 1. The van der Waals surface area contributed by atoms with Gasteiger partial charge in [0, 0.05) is 19.4 Å². The van der Waals surface area contributed by atoms with E-state index in [0.717, 1.165) is 17.4 Å². The van der Waals surface area contributed by atoms with E-state index in [2.05, 4.69) is 0 Å². The fourth-order valence-corrected chi connectivity index (χ4v) is 3.22. The van der Waals surface area contributed by atoms with E-state index in [1.807, 2.05) is 0 Å². The Morgan fingerprint density at radius 1 is 1.07 bits per heavy atom. The number of carboxylic acid groups (broad SMARTS) is 1. The molecule has 0 heterocycles. The van der Waals surface area contributed by atoms with E-state index >= 15 is 0 Å². The molecule has 0 aliphatic carbocycles. The zero-order chi connectivity index (χ0) is 22.1. The van der Waals surface area contributed by atoms with Crippen LogP contribution in [0.2, 0.25) is 0 Å². The van der Waals surface area contributed by atoms with Crippen molar-refractivity contribution in [1.29, 1.82) is 0 Å². The van der Waals surface area contributed by atoms with Crippen molar-refractivity contribution in [3.63, 3.8) is 0 Å². The molecule has 30 heavy (non-hydrogen) atoms. The smallest absolute Gasteiger partial charge is 0.333 e. The Balaban J connectivity index is 2.00. The van der Waals surface area contributed by atoms with Crippen molar-refractivity contribution in [3.05, 3.63) is 53.6 Å². The second-order valence-electron chi connectivity index (χ2n) is 6.50. The van der Waals surface area contributed by atoms with Crippen LogP contribution in [0.3, 0.4) is 0 Å². The molecule has 2 aromatic rings. The van der Waals surface area contributed by atoms with Gasteiger partial charge in [-0.25, -0.2) is 4.79 Å². The zero-order valence-corrected chi connectivity index (χ0v) is 18.0. The summed E-state index contributed by atoms with van der Waals surface area (Å²) in [6.45, 7) is 2.41. The lowest BCUT2D eigenvalue weighted by Gasteiger charge is -2.15. The van der Waals surface area contributed by atoms with Crippen LogP contribution in [-0.4, -0.2) is 52.2 Å². The van der Waals surface area contributed by atoms with Crippen molar-refractivity contribution in [2.75, 3.05) is 26.6 Å². The van der Waals surface area contributed by atoms with Gasteiger partial charge in [-0.05, 0) is 42.3 Å². The van der Waals surface area contributed by atoms with E-state index in [-0.39, 0.29) is 12.2 Å². The average Bonchev–Trinajstić information content (AvgIpc) is 2.68. The fourth-order valence-electron chi connectivity index (χ4n) is 2.76. The SMILES string of the molecule is CCOC(Cc1ccc(OC)c(OCCc2ccc(OS(C)(=O)=O)cc2)c1)C(=O)O. The normalized spacial score (nSPS) is 12.2. The molecule has 1 atom stereocenters. The van der Waals surface area contributed by atoms with Crippen LogP contribution in [0.15, 0.2) is 42.5 Å². The largest absolute Gasteiger partial charge is 0.493 e. The van der Waals surface area contributed by atoms with Gasteiger partial charge in [0.05, 0.1) is 20.0 Å². The van der Waals surface area contributed by atoms with Crippen molar-refractivity contribution in [2.45, 2.75) is 25.9 Å². The van der Waals surface area contributed by atoms with Gasteiger partial charge in [0.2, 0.25) is 0 Å². The molecule has 0 fully saturated rings. The molecule has 0 aliphatic rings. The highest BCUT2D eigenvalue weighted by molar-refractivity contribution is 7.86. The second kappa shape index (κ2) is 10.8. The first-order chi connectivity index (χ1) is 14.2. The summed E-state index contributed by atoms with van der Waals surface area (Å²) < 4.78 is 43.5. The maximum Gasteiger partial charge on any atom is 0.333 e. The standard InChI is InChI=1S/C21H26O8S/c1-4-27-20(21(22)23)14-16-7-10-18(26-2)19(13-16)28-12-11-15-5-8-17(9-6-15)29-30(3,24)25/h5-10,13,20H,4,11-12,14H2,1-3H3,(H,22,23). The summed E-state index contributed by atoms with van der Waals surface area (Å²) in [4.78, 5) is 11.3. The first kappa shape index (κ1) is 23.5. The van der Waals surface area contributed by atoms with Crippen LogP contribution < -0.4 is 13.7 Å². The van der Waals surface area contributed by atoms with Gasteiger partial charge in [-0.1, -0.05) is 18.2 Å². The summed E-state index contributed by atoms with van der Waals surface area (Å²) in [5, 5.41) is 9.26. The number of carbonyl (C=O) groups is 1. The predicted octanol–water partition coefficient (Wildman–Crippen LogP) is 2.69. The molecule has 0 radical (unpaired) electrons. The van der Waals surface area contributed by atoms with Gasteiger partial charge in [0.25, 0.3) is 0 Å². The molecule has 0 saturated carbocycles. The van der Waals surface area contributed by atoms with E-state index in [0.29, 0.717) is 31.1 Å². The topological polar surface area (TPSA) is 108 Å². The predicted molar refractivity (Wildman–Crippen MR) is 111 cm³/mol. The molecule has 0 aliphatic heterocycles. The molecule has 8 nitrogen and oxygen atoms in total. The molecule has 1 N–H and O–H groups in total. The molecule has 164 valence electrons. The molecule has 2 rings (SSSR count). The van der Waals surface area contributed by atoms with E-state index in [1.165, 1.54) is 7.11 Å². The van der Waals surface area contributed by atoms with Gasteiger partial charge < -0.3 is 23.5 Å². The van der Waals surface area contributed by atoms with Gasteiger partial charge in [-0.2, -0.15) is 8.42 Å². The lowest BCUT2D eigenvalue weighted by Crippen LogP contribution is -2.26. The molecule has 0 saturated heterocycles. The summed E-state index contributed by atoms with van der Waals surface area (Å²) in [7, 11) is -2.03. The molecular formula is C21H26O8S. The maximum atomic E-state index is 11.3. The minimum absolute atomic E-state index is 0.214. The van der Waals surface area contributed by atoms with Crippen molar-refractivity contribution in [1.82, 2.24) is 0 Å². The first-order valence-electron chi connectivity index (χ1n) is 9.34. The van der Waals surface area contributed by atoms with Crippen LogP contribution in [0.5, 0.6) is 17.2 Å². The van der Waals surface area contributed by atoms with E-state index in [1.54, 1.807) is 49.4 Å². The van der Waals surface area contributed by atoms with Crippen molar-refractivity contribution >= 4 is 16.1 Å². The maximum absolute atomic E-state index is 11.3. The number of methoxy groups -OCH3 is 1. The minimum atomic E-state index is -3.56. The third-order valence-corrected chi connectivity index (χ3v) is 4.61. The van der Waals surface area contributed by atoms with Crippen LogP contribution in [0.1, 0.15) is 18.1 Å². The Labute approximate surface area is 176 Å². The third-order valence-electron chi connectivity index (χ3n) is 4.11. The molecule has 0 bridgehead atoms. The van der Waals surface area contributed by atoms with Gasteiger partial charge in [-0.15, -0.1) is 0 Å². The Hall–Kier alpha value is -2.78. The van der Waals surface area contributed by atoms with Gasteiger partial charge in [0.15, 0.2) is 17.6 Å². The quantitative estimate of drug-likeness (QED) is 0.504. The Kier molecular flexibility index (Phi) is 8.49. The molecule has 0 amide bonds. The van der Waals surface area contributed by atoms with E-state index < -0.39 is 22.2 Å². The number of hydrogen-bond donors (Lipinski definition) is 1. The average molecular weight is 438 g/mol. The highest BCUT2D eigenvalue weighted by atomic mass is 32.2. The van der Waals surface area contributed by atoms with Crippen molar-refractivity contribution in [3.8, 4) is 17.2 Å². The van der Waals surface area contributed by atoms with Crippen LogP contribution in [-0.2, 0) is 32.5 Å². The summed E-state index contributed by atoms with van der Waals surface area (Å²) >= 11 is 0. The lowest BCUT2D eigenvalue weighted by molar-refractivity contribution is -0.149. The summed E-state index contributed by atoms with van der Waals surface area (Å²) in [5.41, 5.74) is 1.70. The highest BCUT2D eigenvalue weighted by Gasteiger charge is 2.19. The first-order valence-corrected chi connectivity index (χ1v) is 11.2. The molecule has 2 aromatic carbocycles. The zero-order valence-electron chi connectivity index (χ0n) is 17.2. The minimum Gasteiger partial charge on any atom is -0.493 e. The molecular weight excluding hydrogens is 412 g/mol. The summed E-state index contributed by atoms with van der Waals surface area (Å²) in [5.74, 6) is 0.281. The van der Waals surface area contributed by atoms with E-state index in [4.69, 9.17) is 18.4 Å². The Morgan fingerprint density at radius 3 is 2.30 bits per heavy atom. The Morgan fingerprint density at radius 2 is 1.73 bits per heavy atom. The number of rotatable bonds is 12. The molecule has 1 unspecified atom stereocenters.